The number of carbonyl (C=O) groups excluding carboxylic acids is 1. The number of nitrogens with zero attached hydrogens (tertiary/aromatic N) is 2. The molecule has 0 aliphatic rings. The molecular formula is C20H19N3O5S2. The van der Waals surface area contributed by atoms with Crippen LogP contribution in [0, 0.1) is 6.92 Å². The van der Waals surface area contributed by atoms with Crippen molar-refractivity contribution >= 4 is 48.8 Å². The Labute approximate surface area is 175 Å². The quantitative estimate of drug-likeness (QED) is 0.474. The first kappa shape index (κ1) is 20.3. The first-order valence-corrected chi connectivity index (χ1v) is 12.2. The fourth-order valence-corrected chi connectivity index (χ4v) is 5.11. The number of ketones is 1. The van der Waals surface area contributed by atoms with Crippen LogP contribution in [0.1, 0.15) is 23.0 Å². The lowest BCUT2D eigenvalue weighted by atomic mass is 10.1. The van der Waals surface area contributed by atoms with E-state index >= 15 is 0 Å². The summed E-state index contributed by atoms with van der Waals surface area (Å²) in [5.41, 5.74) is 0.850. The second-order valence-electron chi connectivity index (χ2n) is 7.23. The van der Waals surface area contributed by atoms with Crippen LogP contribution >= 0.6 is 11.3 Å². The predicted octanol–water partition coefficient (Wildman–Crippen LogP) is 2.25. The maximum atomic E-state index is 13.2. The van der Waals surface area contributed by atoms with Crippen molar-refractivity contribution in [2.24, 2.45) is 0 Å². The molecule has 0 amide bonds. The van der Waals surface area contributed by atoms with Crippen LogP contribution in [0.3, 0.4) is 0 Å². The number of fused-ring (bicyclic) bond motifs is 2. The smallest absolute Gasteiger partial charge is 0.333 e. The first-order chi connectivity index (χ1) is 14.1. The van der Waals surface area contributed by atoms with E-state index in [4.69, 9.17) is 0 Å². The molecule has 3 aromatic heterocycles. The zero-order chi connectivity index (χ0) is 21.8. The van der Waals surface area contributed by atoms with Crippen LogP contribution in [0.5, 0.6) is 0 Å². The molecule has 30 heavy (non-hydrogen) atoms. The summed E-state index contributed by atoms with van der Waals surface area (Å²) in [7, 11) is -3.62. The molecule has 3 heterocycles. The first-order valence-electron chi connectivity index (χ1n) is 9.17. The lowest BCUT2D eigenvalue weighted by Crippen LogP contribution is -2.34. The number of H-pyrrole nitrogens is 1. The van der Waals surface area contributed by atoms with Crippen LogP contribution in [0.15, 0.2) is 38.5 Å². The maximum Gasteiger partial charge on any atom is 0.333 e. The van der Waals surface area contributed by atoms with Crippen LogP contribution in [0.4, 0.5) is 0 Å². The number of rotatable bonds is 5. The zero-order valence-electron chi connectivity index (χ0n) is 16.6. The molecule has 0 aliphatic heterocycles. The molecule has 0 spiro atoms. The van der Waals surface area contributed by atoms with Gasteiger partial charge in [0.1, 0.15) is 11.4 Å². The number of nitrogens with one attached hydrogen (secondary N) is 1. The van der Waals surface area contributed by atoms with Crippen molar-refractivity contribution in [3.05, 3.63) is 61.1 Å². The molecule has 156 valence electrons. The summed E-state index contributed by atoms with van der Waals surface area (Å²) >= 11 is 1.28. The van der Waals surface area contributed by atoms with Gasteiger partial charge in [-0.25, -0.2) is 17.8 Å². The summed E-state index contributed by atoms with van der Waals surface area (Å²) in [6, 6.07) is 5.45. The zero-order valence-corrected chi connectivity index (χ0v) is 18.2. The Hall–Kier alpha value is -2.98. The lowest BCUT2D eigenvalue weighted by molar-refractivity contribution is 0.101. The van der Waals surface area contributed by atoms with E-state index in [1.807, 2.05) is 19.9 Å². The van der Waals surface area contributed by atoms with Gasteiger partial charge in [-0.2, -0.15) is 0 Å². The van der Waals surface area contributed by atoms with Gasteiger partial charge in [0.25, 0.3) is 5.56 Å². The minimum atomic E-state index is -3.62. The number of Topliss-reactive ketones (excluding diaryl/α,β-unsaturated/α-hetero) is 1. The van der Waals surface area contributed by atoms with E-state index < -0.39 is 32.6 Å². The van der Waals surface area contributed by atoms with Gasteiger partial charge in [0.05, 0.1) is 22.1 Å². The Morgan fingerprint density at radius 3 is 2.57 bits per heavy atom. The molecule has 0 radical (unpaired) electrons. The van der Waals surface area contributed by atoms with Crippen molar-refractivity contribution in [3.63, 3.8) is 0 Å². The van der Waals surface area contributed by atoms with Crippen LogP contribution in [0.25, 0.3) is 27.5 Å². The average Bonchev–Trinajstić information content (AvgIpc) is 3.22. The minimum absolute atomic E-state index is 0.0331. The van der Waals surface area contributed by atoms with Gasteiger partial charge in [-0.3, -0.25) is 9.59 Å². The topological polar surface area (TPSA) is 111 Å². The molecular weight excluding hydrogens is 426 g/mol. The fraction of sp³-hybridized carbons (Fsp3) is 0.250. The molecule has 0 unspecified atom stereocenters. The monoisotopic (exact) mass is 445 g/mol. The predicted molar refractivity (Wildman–Crippen MR) is 118 cm³/mol. The number of carbonyl (C=O) groups is 1. The molecule has 0 atom stereocenters. The van der Waals surface area contributed by atoms with Gasteiger partial charge in [-0.15, -0.1) is 11.3 Å². The number of benzene rings is 1. The molecule has 0 saturated carbocycles. The Balaban J connectivity index is 2.20. The van der Waals surface area contributed by atoms with E-state index in [1.165, 1.54) is 11.3 Å². The van der Waals surface area contributed by atoms with Crippen LogP contribution in [0.2, 0.25) is 0 Å². The largest absolute Gasteiger partial charge is 0.337 e. The van der Waals surface area contributed by atoms with Crippen LogP contribution in [-0.2, 0) is 16.4 Å². The number of aromatic amines is 1. The van der Waals surface area contributed by atoms with Gasteiger partial charge in [0.2, 0.25) is 0 Å². The van der Waals surface area contributed by atoms with E-state index in [0.29, 0.717) is 28.4 Å². The van der Waals surface area contributed by atoms with E-state index in [0.717, 1.165) is 16.4 Å². The van der Waals surface area contributed by atoms with Crippen LogP contribution < -0.4 is 11.2 Å². The second-order valence-corrected chi connectivity index (χ2v) is 10.1. The molecule has 0 bridgehead atoms. The van der Waals surface area contributed by atoms with Crippen molar-refractivity contribution in [2.45, 2.75) is 20.4 Å². The molecule has 0 fully saturated rings. The van der Waals surface area contributed by atoms with Gasteiger partial charge in [0.15, 0.2) is 15.6 Å². The summed E-state index contributed by atoms with van der Waals surface area (Å²) in [4.78, 5) is 41.9. The Bertz CT molecular complexity index is 1550. The highest BCUT2D eigenvalue weighted by Gasteiger charge is 2.28. The SMILES string of the molecule is CCn1c(C(=O)CS(C)(=O)=O)c(-n2c(=O)[nH]c3cscc3c2=O)c2cc(C)ccc21. The summed E-state index contributed by atoms with van der Waals surface area (Å²) in [5, 5.41) is 4.16. The minimum Gasteiger partial charge on any atom is -0.337 e. The Kier molecular flexibility index (Phi) is 4.78. The lowest BCUT2D eigenvalue weighted by Gasteiger charge is -2.10. The van der Waals surface area contributed by atoms with Crippen molar-refractivity contribution < 1.29 is 13.2 Å². The van der Waals surface area contributed by atoms with Gasteiger partial charge in [0, 0.05) is 28.9 Å². The standard InChI is InChI=1S/C20H19N3O5S2/c1-4-22-15-6-5-11(2)7-12(15)17(18(22)16(24)10-30(3,27)28)23-19(25)13-8-29-9-14(13)21-20(23)26/h5-9H,4,10H2,1-3H3,(H,21,26). The van der Waals surface area contributed by atoms with Gasteiger partial charge < -0.3 is 9.55 Å². The number of aryl methyl sites for hydroxylation is 2. The second kappa shape index (κ2) is 7.06. The average molecular weight is 446 g/mol. The molecule has 8 nitrogen and oxygen atoms in total. The number of hydrogen-bond acceptors (Lipinski definition) is 6. The number of hydrogen-bond donors (Lipinski definition) is 1. The van der Waals surface area contributed by atoms with E-state index in [1.54, 1.807) is 27.5 Å². The van der Waals surface area contributed by atoms with E-state index in [2.05, 4.69) is 4.98 Å². The summed E-state index contributed by atoms with van der Waals surface area (Å²) in [6.07, 6.45) is 0.976. The van der Waals surface area contributed by atoms with Crippen molar-refractivity contribution in [1.82, 2.24) is 14.1 Å². The molecule has 1 N–H and O–H groups in total. The number of aromatic nitrogens is 3. The van der Waals surface area contributed by atoms with E-state index in [9.17, 15) is 22.8 Å². The highest BCUT2D eigenvalue weighted by atomic mass is 32.2. The maximum absolute atomic E-state index is 13.2. The van der Waals surface area contributed by atoms with Crippen LogP contribution in [-0.4, -0.2) is 40.3 Å². The van der Waals surface area contributed by atoms with Crippen molar-refractivity contribution in [1.29, 1.82) is 0 Å². The molecule has 10 heteroatoms. The number of sulfone groups is 1. The van der Waals surface area contributed by atoms with Gasteiger partial charge in [-0.1, -0.05) is 11.6 Å². The Morgan fingerprint density at radius 2 is 1.90 bits per heavy atom. The summed E-state index contributed by atoms with van der Waals surface area (Å²) in [6.45, 7) is 4.03. The highest BCUT2D eigenvalue weighted by molar-refractivity contribution is 7.91. The normalized spacial score (nSPS) is 12.1. The van der Waals surface area contributed by atoms with E-state index in [-0.39, 0.29) is 11.4 Å². The molecule has 4 rings (SSSR count). The fourth-order valence-electron chi connectivity index (χ4n) is 3.74. The van der Waals surface area contributed by atoms with Crippen molar-refractivity contribution in [2.75, 3.05) is 12.0 Å². The molecule has 1 aromatic carbocycles. The highest BCUT2D eigenvalue weighted by Crippen LogP contribution is 2.30. The molecule has 0 aliphatic carbocycles. The summed E-state index contributed by atoms with van der Waals surface area (Å²) < 4.78 is 26.3. The summed E-state index contributed by atoms with van der Waals surface area (Å²) in [5.74, 6) is -1.39. The van der Waals surface area contributed by atoms with Gasteiger partial charge >= 0.3 is 5.69 Å². The van der Waals surface area contributed by atoms with Crippen molar-refractivity contribution in [3.8, 4) is 5.69 Å². The molecule has 4 aromatic rings. The Morgan fingerprint density at radius 1 is 1.17 bits per heavy atom. The third-order valence-corrected chi connectivity index (χ3v) is 6.46. The third kappa shape index (κ3) is 3.21. The number of thiophene rings is 1. The molecule has 0 saturated heterocycles. The third-order valence-electron chi connectivity index (χ3n) is 4.93. The van der Waals surface area contributed by atoms with Gasteiger partial charge in [-0.05, 0) is 26.0 Å².